The maximum absolute atomic E-state index is 12.1. The van der Waals surface area contributed by atoms with Gasteiger partial charge in [0, 0.05) is 6.92 Å². The normalized spacial score (nSPS) is 14.7. The summed E-state index contributed by atoms with van der Waals surface area (Å²) in [6.07, 6.45) is 43.3. The maximum atomic E-state index is 12.1. The third kappa shape index (κ3) is 38.5. The number of aliphatic hydroxyl groups is 1. The van der Waals surface area contributed by atoms with Crippen LogP contribution in [0.4, 0.5) is 0 Å². The molecule has 2 N–H and O–H groups in total. The highest BCUT2D eigenvalue weighted by molar-refractivity contribution is 7.45. The second-order valence-electron chi connectivity index (χ2n) is 15.8. The molecular formula is C42H83N2O6P. The van der Waals surface area contributed by atoms with Crippen molar-refractivity contribution in [2.24, 2.45) is 0 Å². The van der Waals surface area contributed by atoms with E-state index in [1.165, 1.54) is 161 Å². The zero-order valence-corrected chi connectivity index (χ0v) is 35.0. The second kappa shape index (κ2) is 34.7. The van der Waals surface area contributed by atoms with Crippen molar-refractivity contribution in [3.05, 3.63) is 24.3 Å². The number of allylic oxidation sites excluding steroid dienone is 3. The summed E-state index contributed by atoms with van der Waals surface area (Å²) >= 11 is 0. The standard InChI is InChI=1S/C42H83N2O6P/c1-6-7-8-9-10-11-12-13-14-15-16-17-18-19-20-21-22-23-24-25-26-27-28-29-30-31-32-33-34-35-36-42(46)41(43-40(2)45)39-50-51(47,48)49-38-37-44(3,4)5/h31-32,35-36,41-42,46H,6-30,33-34,37-39H2,1-5H3,(H-,43,45,47,48)/b32-31+,36-35+. The van der Waals surface area contributed by atoms with Gasteiger partial charge in [-0.05, 0) is 25.7 Å². The molecule has 0 aliphatic heterocycles. The highest BCUT2D eigenvalue weighted by atomic mass is 31.2. The highest BCUT2D eigenvalue weighted by Gasteiger charge is 2.22. The molecule has 0 aliphatic rings. The largest absolute Gasteiger partial charge is 0.756 e. The minimum atomic E-state index is -4.55. The van der Waals surface area contributed by atoms with Crippen LogP contribution >= 0.6 is 7.82 Å². The predicted molar refractivity (Wildman–Crippen MR) is 215 cm³/mol. The van der Waals surface area contributed by atoms with E-state index in [4.69, 9.17) is 9.05 Å². The molecule has 3 atom stereocenters. The van der Waals surface area contributed by atoms with Gasteiger partial charge in [0.2, 0.25) is 5.91 Å². The third-order valence-electron chi connectivity index (χ3n) is 9.45. The highest BCUT2D eigenvalue weighted by Crippen LogP contribution is 2.38. The maximum Gasteiger partial charge on any atom is 0.268 e. The van der Waals surface area contributed by atoms with E-state index in [2.05, 4.69) is 24.4 Å². The van der Waals surface area contributed by atoms with E-state index in [-0.39, 0.29) is 12.5 Å². The monoisotopic (exact) mass is 743 g/mol. The van der Waals surface area contributed by atoms with E-state index in [9.17, 15) is 19.4 Å². The lowest BCUT2D eigenvalue weighted by Crippen LogP contribution is -2.45. The molecule has 0 aromatic rings. The quantitative estimate of drug-likeness (QED) is 0.0282. The smallest absolute Gasteiger partial charge is 0.268 e. The fourth-order valence-corrected chi connectivity index (χ4v) is 6.87. The van der Waals surface area contributed by atoms with Crippen LogP contribution in [0.25, 0.3) is 0 Å². The van der Waals surface area contributed by atoms with Crippen LogP contribution in [0.3, 0.4) is 0 Å². The molecule has 51 heavy (non-hydrogen) atoms. The fraction of sp³-hybridized carbons (Fsp3) is 0.881. The Hall–Kier alpha value is -1.02. The Labute approximate surface area is 315 Å². The van der Waals surface area contributed by atoms with Gasteiger partial charge in [-0.25, -0.2) is 0 Å². The number of nitrogens with one attached hydrogen (secondary N) is 1. The van der Waals surface area contributed by atoms with Crippen LogP contribution < -0.4 is 10.2 Å². The summed E-state index contributed by atoms with van der Waals surface area (Å²) in [6, 6.07) is -0.901. The summed E-state index contributed by atoms with van der Waals surface area (Å²) in [6.45, 7) is 3.68. The van der Waals surface area contributed by atoms with Crippen molar-refractivity contribution in [2.45, 2.75) is 199 Å². The molecule has 302 valence electrons. The summed E-state index contributed by atoms with van der Waals surface area (Å²) in [7, 11) is 1.23. The number of likely N-dealkylation sites (N-methyl/N-ethyl adjacent to an activating group) is 1. The first kappa shape index (κ1) is 50.0. The number of phosphoric ester groups is 1. The Bertz CT molecular complexity index is 891. The molecule has 0 fully saturated rings. The summed E-state index contributed by atoms with van der Waals surface area (Å²) in [5.74, 6) is -0.383. The van der Waals surface area contributed by atoms with Crippen molar-refractivity contribution in [1.29, 1.82) is 0 Å². The molecule has 1 amide bonds. The topological polar surface area (TPSA) is 108 Å². The van der Waals surface area contributed by atoms with Gasteiger partial charge < -0.3 is 28.8 Å². The number of rotatable bonds is 38. The Morgan fingerprint density at radius 3 is 1.47 bits per heavy atom. The van der Waals surface area contributed by atoms with Gasteiger partial charge in [0.15, 0.2) is 0 Å². The first-order chi connectivity index (χ1) is 24.5. The van der Waals surface area contributed by atoms with Crippen LogP contribution in [0.2, 0.25) is 0 Å². The molecule has 9 heteroatoms. The number of carbonyl (C=O) groups is 1. The van der Waals surface area contributed by atoms with Gasteiger partial charge in [0.05, 0.1) is 39.9 Å². The molecule has 0 radical (unpaired) electrons. The van der Waals surface area contributed by atoms with E-state index in [1.807, 2.05) is 27.2 Å². The van der Waals surface area contributed by atoms with Gasteiger partial charge in [0.1, 0.15) is 13.2 Å². The molecule has 0 rings (SSSR count). The first-order valence-corrected chi connectivity index (χ1v) is 22.6. The van der Waals surface area contributed by atoms with Crippen LogP contribution in [0.15, 0.2) is 24.3 Å². The van der Waals surface area contributed by atoms with Crippen molar-refractivity contribution in [3.8, 4) is 0 Å². The van der Waals surface area contributed by atoms with Gasteiger partial charge in [-0.15, -0.1) is 0 Å². The van der Waals surface area contributed by atoms with Gasteiger partial charge in [-0.3, -0.25) is 9.36 Å². The molecule has 0 bridgehead atoms. The number of nitrogens with zero attached hydrogens (tertiary/aromatic N) is 1. The van der Waals surface area contributed by atoms with Crippen LogP contribution in [0, 0.1) is 0 Å². The number of amides is 1. The van der Waals surface area contributed by atoms with Crippen molar-refractivity contribution in [3.63, 3.8) is 0 Å². The molecule has 0 aromatic carbocycles. The lowest BCUT2D eigenvalue weighted by molar-refractivity contribution is -0.870. The Kier molecular flexibility index (Phi) is 34.0. The average Bonchev–Trinajstić information content (AvgIpc) is 3.06. The molecular weight excluding hydrogens is 659 g/mol. The molecule has 0 aromatic heterocycles. The van der Waals surface area contributed by atoms with E-state index < -0.39 is 26.6 Å². The molecule has 0 saturated heterocycles. The molecule has 8 nitrogen and oxygen atoms in total. The number of unbranched alkanes of at least 4 members (excludes halogenated alkanes) is 25. The average molecular weight is 743 g/mol. The van der Waals surface area contributed by atoms with E-state index in [0.717, 1.165) is 19.3 Å². The molecule has 0 spiro atoms. The summed E-state index contributed by atoms with van der Waals surface area (Å²) in [5.41, 5.74) is 0. The lowest BCUT2D eigenvalue weighted by atomic mass is 10.0. The lowest BCUT2D eigenvalue weighted by Gasteiger charge is -2.29. The van der Waals surface area contributed by atoms with E-state index in [1.54, 1.807) is 6.08 Å². The van der Waals surface area contributed by atoms with Crippen molar-refractivity contribution in [2.75, 3.05) is 40.9 Å². The number of phosphoric acid groups is 1. The third-order valence-corrected chi connectivity index (χ3v) is 10.4. The zero-order chi connectivity index (χ0) is 37.9. The van der Waals surface area contributed by atoms with Crippen LogP contribution in [0.1, 0.15) is 187 Å². The first-order valence-electron chi connectivity index (χ1n) is 21.1. The van der Waals surface area contributed by atoms with Crippen LogP contribution in [0.5, 0.6) is 0 Å². The number of quaternary nitrogens is 1. The van der Waals surface area contributed by atoms with Gasteiger partial charge in [-0.1, -0.05) is 179 Å². The zero-order valence-electron chi connectivity index (χ0n) is 34.1. The van der Waals surface area contributed by atoms with Gasteiger partial charge >= 0.3 is 0 Å². The van der Waals surface area contributed by atoms with E-state index >= 15 is 0 Å². The van der Waals surface area contributed by atoms with Gasteiger partial charge in [-0.2, -0.15) is 0 Å². The van der Waals surface area contributed by atoms with Crippen LogP contribution in [-0.2, 0) is 18.4 Å². The fourth-order valence-electron chi connectivity index (χ4n) is 6.14. The number of hydrogen-bond acceptors (Lipinski definition) is 6. The Morgan fingerprint density at radius 2 is 1.06 bits per heavy atom. The van der Waals surface area contributed by atoms with Crippen molar-refractivity contribution in [1.82, 2.24) is 5.32 Å². The van der Waals surface area contributed by atoms with Crippen LogP contribution in [-0.4, -0.2) is 68.5 Å². The molecule has 3 unspecified atom stereocenters. The molecule has 0 saturated carbocycles. The Morgan fingerprint density at radius 1 is 0.667 bits per heavy atom. The SMILES string of the molecule is CCCCCCCCCCCCCCCCCCCCCCCCCC/C=C/CC/C=C/C(O)C(COP(=O)([O-])OCC[N+](C)(C)C)NC(C)=O. The van der Waals surface area contributed by atoms with Crippen molar-refractivity contribution < 1.29 is 32.9 Å². The molecule has 0 aliphatic carbocycles. The summed E-state index contributed by atoms with van der Waals surface area (Å²) in [5, 5.41) is 13.1. The van der Waals surface area contributed by atoms with Gasteiger partial charge in [0.25, 0.3) is 7.82 Å². The number of aliphatic hydroxyl groups excluding tert-OH is 1. The van der Waals surface area contributed by atoms with E-state index in [0.29, 0.717) is 11.0 Å². The second-order valence-corrected chi connectivity index (χ2v) is 17.2. The summed E-state index contributed by atoms with van der Waals surface area (Å²) in [4.78, 5) is 23.7. The van der Waals surface area contributed by atoms with Crippen molar-refractivity contribution >= 4 is 13.7 Å². The minimum absolute atomic E-state index is 0.00920. The number of carbonyl (C=O) groups excluding carboxylic acids is 1. The minimum Gasteiger partial charge on any atom is -0.756 e. The molecule has 0 heterocycles. The summed E-state index contributed by atoms with van der Waals surface area (Å²) < 4.78 is 22.5. The Balaban J connectivity index is 3.66. The number of hydrogen-bond donors (Lipinski definition) is 2. The predicted octanol–water partition coefficient (Wildman–Crippen LogP) is 10.7.